The van der Waals surface area contributed by atoms with Crippen LogP contribution in [0.3, 0.4) is 0 Å². The Kier molecular flexibility index (Phi) is 4.98. The van der Waals surface area contributed by atoms with Gasteiger partial charge in [0.1, 0.15) is 5.75 Å². The van der Waals surface area contributed by atoms with E-state index in [1.165, 1.54) is 0 Å². The van der Waals surface area contributed by atoms with Crippen LogP contribution in [-0.2, 0) is 9.59 Å². The summed E-state index contributed by atoms with van der Waals surface area (Å²) in [4.78, 5) is 22.8. The van der Waals surface area contributed by atoms with E-state index < -0.39 is 0 Å². The lowest BCUT2D eigenvalue weighted by molar-refractivity contribution is -0.129. The molecule has 20 heavy (non-hydrogen) atoms. The molecule has 5 nitrogen and oxygen atoms in total. The number of aryl methyl sites for hydroxylation is 1. The molecule has 0 unspecified atom stereocenters. The zero-order valence-corrected chi connectivity index (χ0v) is 11.6. The summed E-state index contributed by atoms with van der Waals surface area (Å²) in [5.74, 6) is 0.633. The molecule has 2 rings (SSSR count). The van der Waals surface area contributed by atoms with Crippen LogP contribution in [0.5, 0.6) is 5.75 Å². The summed E-state index contributed by atoms with van der Waals surface area (Å²) >= 11 is 0. The summed E-state index contributed by atoms with van der Waals surface area (Å²) in [6.07, 6.45) is 2.79. The number of benzene rings is 1. The molecule has 1 fully saturated rings. The lowest BCUT2D eigenvalue weighted by Crippen LogP contribution is -2.42. The van der Waals surface area contributed by atoms with Crippen LogP contribution in [0, 0.1) is 12.8 Å². The minimum Gasteiger partial charge on any atom is -0.494 e. The van der Waals surface area contributed by atoms with E-state index in [1.807, 2.05) is 31.2 Å². The Hall–Kier alpha value is -2.04. The van der Waals surface area contributed by atoms with Gasteiger partial charge in [-0.3, -0.25) is 20.4 Å². The standard InChI is InChI=1S/C15H20N2O3/c1-11-4-2-5-13(10-11)20-9-3-6-14(18)16-17-15(19)12-7-8-12/h2,4-5,10,12H,3,6-9H2,1H3,(H,16,18)(H,17,19). The highest BCUT2D eigenvalue weighted by Gasteiger charge is 2.29. The maximum atomic E-state index is 11.5. The van der Waals surface area contributed by atoms with Gasteiger partial charge in [-0.2, -0.15) is 0 Å². The lowest BCUT2D eigenvalue weighted by atomic mass is 10.2. The second-order valence-electron chi connectivity index (χ2n) is 5.08. The molecule has 2 N–H and O–H groups in total. The summed E-state index contributed by atoms with van der Waals surface area (Å²) in [7, 11) is 0. The van der Waals surface area contributed by atoms with Crippen LogP contribution in [0.25, 0.3) is 0 Å². The van der Waals surface area contributed by atoms with Gasteiger partial charge in [0.25, 0.3) is 0 Å². The Morgan fingerprint density at radius 1 is 1.30 bits per heavy atom. The Balaban J connectivity index is 1.56. The molecule has 1 aliphatic carbocycles. The number of carbonyl (C=O) groups is 2. The quantitative estimate of drug-likeness (QED) is 0.614. The molecule has 0 aromatic heterocycles. The first-order chi connectivity index (χ1) is 9.65. The average Bonchev–Trinajstić information content (AvgIpc) is 3.25. The van der Waals surface area contributed by atoms with E-state index >= 15 is 0 Å². The van der Waals surface area contributed by atoms with Crippen molar-refractivity contribution in [2.45, 2.75) is 32.6 Å². The molecule has 5 heteroatoms. The third-order valence-corrected chi connectivity index (χ3v) is 3.08. The van der Waals surface area contributed by atoms with Gasteiger partial charge in [0.2, 0.25) is 11.8 Å². The number of rotatable bonds is 6. The number of nitrogens with one attached hydrogen (secondary N) is 2. The largest absolute Gasteiger partial charge is 0.494 e. The molecule has 0 saturated heterocycles. The molecule has 0 atom stereocenters. The fraction of sp³-hybridized carbons (Fsp3) is 0.467. The fourth-order valence-electron chi connectivity index (χ4n) is 1.77. The van der Waals surface area contributed by atoms with Crippen LogP contribution >= 0.6 is 0 Å². The second-order valence-corrected chi connectivity index (χ2v) is 5.08. The normalized spacial score (nSPS) is 13.7. The number of hydrogen-bond donors (Lipinski definition) is 2. The van der Waals surface area contributed by atoms with E-state index in [4.69, 9.17) is 4.74 Å². The maximum absolute atomic E-state index is 11.5. The topological polar surface area (TPSA) is 67.4 Å². The fourth-order valence-corrected chi connectivity index (χ4v) is 1.77. The summed E-state index contributed by atoms with van der Waals surface area (Å²) in [6, 6.07) is 7.78. The zero-order chi connectivity index (χ0) is 14.4. The van der Waals surface area contributed by atoms with Crippen LogP contribution in [0.2, 0.25) is 0 Å². The van der Waals surface area contributed by atoms with Crippen molar-refractivity contribution in [3.8, 4) is 5.75 Å². The maximum Gasteiger partial charge on any atom is 0.241 e. The van der Waals surface area contributed by atoms with E-state index in [1.54, 1.807) is 0 Å². The first kappa shape index (κ1) is 14.4. The van der Waals surface area contributed by atoms with Gasteiger partial charge < -0.3 is 4.74 Å². The molecule has 1 aromatic rings. The van der Waals surface area contributed by atoms with E-state index in [0.717, 1.165) is 24.2 Å². The number of carbonyl (C=O) groups excluding carboxylic acids is 2. The lowest BCUT2D eigenvalue weighted by Gasteiger charge is -2.08. The van der Waals surface area contributed by atoms with E-state index in [0.29, 0.717) is 19.4 Å². The molecule has 2 amide bonds. The van der Waals surface area contributed by atoms with Crippen LogP contribution < -0.4 is 15.6 Å². The summed E-state index contributed by atoms with van der Waals surface area (Å²) < 4.78 is 5.54. The number of hydrazine groups is 1. The molecule has 1 saturated carbocycles. The second kappa shape index (κ2) is 6.93. The molecular weight excluding hydrogens is 256 g/mol. The van der Waals surface area contributed by atoms with Crippen molar-refractivity contribution in [3.63, 3.8) is 0 Å². The first-order valence-electron chi connectivity index (χ1n) is 6.93. The van der Waals surface area contributed by atoms with Crippen LogP contribution in [0.4, 0.5) is 0 Å². The highest BCUT2D eigenvalue weighted by atomic mass is 16.5. The van der Waals surface area contributed by atoms with Crippen LogP contribution in [0.15, 0.2) is 24.3 Å². The van der Waals surface area contributed by atoms with Gasteiger partial charge in [-0.25, -0.2) is 0 Å². The van der Waals surface area contributed by atoms with Gasteiger partial charge in [0.15, 0.2) is 0 Å². The summed E-state index contributed by atoms with van der Waals surface area (Å²) in [5, 5.41) is 0. The Labute approximate surface area is 118 Å². The van der Waals surface area contributed by atoms with Gasteiger partial charge in [0, 0.05) is 12.3 Å². The minimum absolute atomic E-state index is 0.0886. The molecular formula is C15H20N2O3. The predicted molar refractivity (Wildman–Crippen MR) is 74.9 cm³/mol. The molecule has 0 bridgehead atoms. The number of amides is 2. The van der Waals surface area contributed by atoms with E-state index in [-0.39, 0.29) is 17.7 Å². The predicted octanol–water partition coefficient (Wildman–Crippen LogP) is 1.71. The van der Waals surface area contributed by atoms with Gasteiger partial charge in [-0.15, -0.1) is 0 Å². The first-order valence-corrected chi connectivity index (χ1v) is 6.93. The van der Waals surface area contributed by atoms with E-state index in [2.05, 4.69) is 10.9 Å². The van der Waals surface area contributed by atoms with Crippen LogP contribution in [0.1, 0.15) is 31.2 Å². The van der Waals surface area contributed by atoms with Crippen molar-refractivity contribution in [1.82, 2.24) is 10.9 Å². The van der Waals surface area contributed by atoms with Crippen molar-refractivity contribution in [2.75, 3.05) is 6.61 Å². The number of hydrogen-bond acceptors (Lipinski definition) is 3. The monoisotopic (exact) mass is 276 g/mol. The minimum atomic E-state index is -0.188. The van der Waals surface area contributed by atoms with Crippen molar-refractivity contribution in [3.05, 3.63) is 29.8 Å². The molecule has 0 heterocycles. The molecule has 108 valence electrons. The Morgan fingerprint density at radius 2 is 2.10 bits per heavy atom. The third-order valence-electron chi connectivity index (χ3n) is 3.08. The molecule has 0 spiro atoms. The smallest absolute Gasteiger partial charge is 0.241 e. The summed E-state index contributed by atoms with van der Waals surface area (Å²) in [5.41, 5.74) is 5.99. The van der Waals surface area contributed by atoms with Crippen LogP contribution in [-0.4, -0.2) is 18.4 Å². The van der Waals surface area contributed by atoms with E-state index in [9.17, 15) is 9.59 Å². The highest BCUT2D eigenvalue weighted by molar-refractivity contribution is 5.84. The van der Waals surface area contributed by atoms with Crippen molar-refractivity contribution in [2.24, 2.45) is 5.92 Å². The van der Waals surface area contributed by atoms with Crippen molar-refractivity contribution >= 4 is 11.8 Å². The molecule has 0 radical (unpaired) electrons. The third kappa shape index (κ3) is 4.91. The van der Waals surface area contributed by atoms with Gasteiger partial charge in [-0.05, 0) is 43.9 Å². The van der Waals surface area contributed by atoms with Gasteiger partial charge in [-0.1, -0.05) is 12.1 Å². The Bertz CT molecular complexity index is 484. The Morgan fingerprint density at radius 3 is 2.80 bits per heavy atom. The molecule has 0 aliphatic heterocycles. The highest BCUT2D eigenvalue weighted by Crippen LogP contribution is 2.28. The molecule has 1 aliphatic rings. The SMILES string of the molecule is Cc1cccc(OCCCC(=O)NNC(=O)C2CC2)c1. The van der Waals surface area contributed by atoms with Gasteiger partial charge >= 0.3 is 0 Å². The molecule has 1 aromatic carbocycles. The average molecular weight is 276 g/mol. The number of ether oxygens (including phenoxy) is 1. The summed E-state index contributed by atoms with van der Waals surface area (Å²) in [6.45, 7) is 2.48. The van der Waals surface area contributed by atoms with Crippen molar-refractivity contribution in [1.29, 1.82) is 0 Å². The van der Waals surface area contributed by atoms with Gasteiger partial charge in [0.05, 0.1) is 6.61 Å². The zero-order valence-electron chi connectivity index (χ0n) is 11.6. The van der Waals surface area contributed by atoms with Crippen molar-refractivity contribution < 1.29 is 14.3 Å².